The fourth-order valence-electron chi connectivity index (χ4n) is 3.74. The highest BCUT2D eigenvalue weighted by molar-refractivity contribution is 5.72. The van der Waals surface area contributed by atoms with E-state index in [1.165, 1.54) is 12.0 Å². The van der Waals surface area contributed by atoms with Gasteiger partial charge in [-0.15, -0.1) is 5.10 Å². The van der Waals surface area contributed by atoms with Crippen LogP contribution in [0.25, 0.3) is 0 Å². The van der Waals surface area contributed by atoms with Gasteiger partial charge in [0, 0.05) is 13.1 Å². The molecule has 0 bridgehead atoms. The Balaban J connectivity index is 1.61. The van der Waals surface area contributed by atoms with Crippen LogP contribution in [-0.4, -0.2) is 62.4 Å². The molecule has 0 spiro atoms. The first-order chi connectivity index (χ1) is 11.9. The number of carboxylic acid groups (broad SMARTS) is 1. The molecule has 138 valence electrons. The van der Waals surface area contributed by atoms with E-state index in [1.807, 2.05) is 0 Å². The van der Waals surface area contributed by atoms with Crippen LogP contribution < -0.4 is 0 Å². The third-order valence-electron chi connectivity index (χ3n) is 5.45. The molecule has 9 heteroatoms. The lowest BCUT2D eigenvalue weighted by Crippen LogP contribution is -2.44. The Bertz CT molecular complexity index is 630. The van der Waals surface area contributed by atoms with Crippen molar-refractivity contribution in [3.05, 3.63) is 11.9 Å². The number of ether oxygens (including phenoxy) is 1. The highest BCUT2D eigenvalue weighted by atomic mass is 16.5. The number of hydrogen-bond acceptors (Lipinski definition) is 6. The summed E-state index contributed by atoms with van der Waals surface area (Å²) in [4.78, 5) is 23.9. The number of rotatable bonds is 3. The van der Waals surface area contributed by atoms with Gasteiger partial charge < -0.3 is 19.8 Å². The SMILES string of the molecule is COC(=O)C1CCC(n2cc(C3(O)CCN(C(=O)O)CC3)nn2)CC1. The van der Waals surface area contributed by atoms with E-state index in [0.29, 0.717) is 18.5 Å². The Morgan fingerprint density at radius 2 is 1.88 bits per heavy atom. The smallest absolute Gasteiger partial charge is 0.407 e. The summed E-state index contributed by atoms with van der Waals surface area (Å²) < 4.78 is 6.57. The van der Waals surface area contributed by atoms with Crippen molar-refractivity contribution < 1.29 is 24.5 Å². The number of esters is 1. The third kappa shape index (κ3) is 3.60. The first kappa shape index (κ1) is 17.7. The lowest BCUT2D eigenvalue weighted by molar-refractivity contribution is -0.146. The van der Waals surface area contributed by atoms with Crippen molar-refractivity contribution in [2.75, 3.05) is 20.2 Å². The minimum atomic E-state index is -1.13. The van der Waals surface area contributed by atoms with E-state index in [4.69, 9.17) is 9.84 Å². The average Bonchev–Trinajstić information content (AvgIpc) is 3.12. The summed E-state index contributed by atoms with van der Waals surface area (Å²) in [6.07, 6.45) is 4.56. The summed E-state index contributed by atoms with van der Waals surface area (Å²) in [6, 6.07) is 0.157. The van der Waals surface area contributed by atoms with Gasteiger partial charge in [-0.3, -0.25) is 4.79 Å². The van der Waals surface area contributed by atoms with Crippen LogP contribution in [0.2, 0.25) is 0 Å². The van der Waals surface area contributed by atoms with Crippen LogP contribution in [0.1, 0.15) is 50.3 Å². The molecule has 1 aliphatic carbocycles. The zero-order chi connectivity index (χ0) is 18.0. The molecule has 0 radical (unpaired) electrons. The van der Waals surface area contributed by atoms with Gasteiger partial charge in [-0.25, -0.2) is 9.48 Å². The van der Waals surface area contributed by atoms with E-state index >= 15 is 0 Å². The molecule has 1 aromatic rings. The van der Waals surface area contributed by atoms with Crippen LogP contribution in [0, 0.1) is 5.92 Å². The molecule has 2 heterocycles. The summed E-state index contributed by atoms with van der Waals surface area (Å²) in [7, 11) is 1.41. The van der Waals surface area contributed by atoms with Gasteiger partial charge in [0.1, 0.15) is 11.3 Å². The van der Waals surface area contributed by atoms with E-state index in [1.54, 1.807) is 10.9 Å². The number of nitrogens with zero attached hydrogens (tertiary/aromatic N) is 4. The minimum Gasteiger partial charge on any atom is -0.469 e. The zero-order valence-corrected chi connectivity index (χ0v) is 14.3. The molecule has 25 heavy (non-hydrogen) atoms. The predicted octanol–water partition coefficient (Wildman–Crippen LogP) is 1.14. The number of carbonyl (C=O) groups excluding carboxylic acids is 1. The third-order valence-corrected chi connectivity index (χ3v) is 5.45. The van der Waals surface area contributed by atoms with E-state index in [-0.39, 0.29) is 31.0 Å². The largest absolute Gasteiger partial charge is 0.469 e. The van der Waals surface area contributed by atoms with Crippen LogP contribution in [0.3, 0.4) is 0 Å². The topological polar surface area (TPSA) is 118 Å². The molecule has 1 aromatic heterocycles. The number of aliphatic hydroxyl groups is 1. The molecule has 0 aromatic carbocycles. The molecule has 1 amide bonds. The standard InChI is InChI=1S/C16H24N4O5/c1-25-14(21)11-2-4-12(5-3-11)20-10-13(17-18-20)16(24)6-8-19(9-7-16)15(22)23/h10-12,24H,2-9H2,1H3,(H,22,23). The lowest BCUT2D eigenvalue weighted by Gasteiger charge is -2.35. The molecule has 1 saturated heterocycles. The quantitative estimate of drug-likeness (QED) is 0.783. The Hall–Kier alpha value is -2.16. The summed E-state index contributed by atoms with van der Waals surface area (Å²) in [5.74, 6) is -0.203. The zero-order valence-electron chi connectivity index (χ0n) is 14.3. The summed E-state index contributed by atoms with van der Waals surface area (Å²) in [6.45, 7) is 0.561. The highest BCUT2D eigenvalue weighted by Crippen LogP contribution is 2.35. The van der Waals surface area contributed by atoms with Gasteiger partial charge in [0.15, 0.2) is 0 Å². The molecule has 0 unspecified atom stereocenters. The van der Waals surface area contributed by atoms with Gasteiger partial charge in [0.05, 0.1) is 25.3 Å². The molecule has 2 aliphatic rings. The Morgan fingerprint density at radius 3 is 2.44 bits per heavy atom. The molecule has 2 fully saturated rings. The van der Waals surface area contributed by atoms with Crippen LogP contribution in [0.15, 0.2) is 6.20 Å². The second-order valence-corrected chi connectivity index (χ2v) is 6.91. The number of aromatic nitrogens is 3. The van der Waals surface area contributed by atoms with Gasteiger partial charge in [-0.2, -0.15) is 0 Å². The number of likely N-dealkylation sites (tertiary alicyclic amines) is 1. The molecule has 3 rings (SSSR count). The molecule has 9 nitrogen and oxygen atoms in total. The summed E-state index contributed by atoms with van der Waals surface area (Å²) in [5.41, 5.74) is -0.638. The molecule has 1 saturated carbocycles. The first-order valence-corrected chi connectivity index (χ1v) is 8.63. The molecular formula is C16H24N4O5. The molecule has 0 atom stereocenters. The summed E-state index contributed by atoms with van der Waals surface area (Å²) in [5, 5.41) is 28.1. The average molecular weight is 352 g/mol. The van der Waals surface area contributed by atoms with Gasteiger partial charge in [-0.1, -0.05) is 5.21 Å². The number of amides is 1. The minimum absolute atomic E-state index is 0.0474. The molecule has 2 N–H and O–H groups in total. The van der Waals surface area contributed by atoms with Crippen LogP contribution in [-0.2, 0) is 15.1 Å². The van der Waals surface area contributed by atoms with Crippen molar-refractivity contribution in [2.45, 2.75) is 50.2 Å². The maximum atomic E-state index is 11.6. The molecular weight excluding hydrogens is 328 g/mol. The van der Waals surface area contributed by atoms with Gasteiger partial charge in [0.25, 0.3) is 0 Å². The summed E-state index contributed by atoms with van der Waals surface area (Å²) >= 11 is 0. The number of carbonyl (C=O) groups is 2. The van der Waals surface area contributed by atoms with E-state index in [2.05, 4.69) is 10.3 Å². The van der Waals surface area contributed by atoms with Crippen molar-refractivity contribution in [1.82, 2.24) is 19.9 Å². The first-order valence-electron chi connectivity index (χ1n) is 8.63. The van der Waals surface area contributed by atoms with Crippen LogP contribution in [0.4, 0.5) is 4.79 Å². The van der Waals surface area contributed by atoms with Gasteiger partial charge >= 0.3 is 12.1 Å². The fraction of sp³-hybridized carbons (Fsp3) is 0.750. The van der Waals surface area contributed by atoms with Crippen molar-refractivity contribution in [3.63, 3.8) is 0 Å². The maximum Gasteiger partial charge on any atom is 0.407 e. The van der Waals surface area contributed by atoms with Crippen molar-refractivity contribution in [2.24, 2.45) is 5.92 Å². The predicted molar refractivity (Wildman–Crippen MR) is 85.8 cm³/mol. The van der Waals surface area contributed by atoms with Gasteiger partial charge in [0.2, 0.25) is 0 Å². The number of hydrogen-bond donors (Lipinski definition) is 2. The second kappa shape index (κ2) is 6.99. The number of piperidine rings is 1. The monoisotopic (exact) mass is 352 g/mol. The van der Waals surface area contributed by atoms with Crippen LogP contribution >= 0.6 is 0 Å². The lowest BCUT2D eigenvalue weighted by atomic mass is 9.86. The van der Waals surface area contributed by atoms with Crippen molar-refractivity contribution in [1.29, 1.82) is 0 Å². The van der Waals surface area contributed by atoms with E-state index in [0.717, 1.165) is 25.7 Å². The Labute approximate surface area is 145 Å². The van der Waals surface area contributed by atoms with Gasteiger partial charge in [-0.05, 0) is 38.5 Å². The Morgan fingerprint density at radius 1 is 1.24 bits per heavy atom. The van der Waals surface area contributed by atoms with Crippen molar-refractivity contribution in [3.8, 4) is 0 Å². The maximum absolute atomic E-state index is 11.6. The van der Waals surface area contributed by atoms with Crippen molar-refractivity contribution >= 4 is 12.1 Å². The highest BCUT2D eigenvalue weighted by Gasteiger charge is 2.38. The second-order valence-electron chi connectivity index (χ2n) is 6.91. The fourth-order valence-corrected chi connectivity index (χ4v) is 3.74. The Kier molecular flexibility index (Phi) is 4.94. The normalized spacial score (nSPS) is 26.2. The van der Waals surface area contributed by atoms with E-state index < -0.39 is 11.7 Å². The van der Waals surface area contributed by atoms with E-state index in [9.17, 15) is 14.7 Å². The number of methoxy groups -OCH3 is 1. The van der Waals surface area contributed by atoms with Crippen LogP contribution in [0.5, 0.6) is 0 Å². The molecule has 1 aliphatic heterocycles.